The Balaban J connectivity index is 2.24. The zero-order valence-electron chi connectivity index (χ0n) is 10.5. The van der Waals surface area contributed by atoms with Gasteiger partial charge in [0.2, 0.25) is 0 Å². The fourth-order valence-electron chi connectivity index (χ4n) is 1.71. The van der Waals surface area contributed by atoms with Gasteiger partial charge in [0.1, 0.15) is 5.69 Å². The molecule has 0 saturated heterocycles. The molecule has 3 N–H and O–H groups in total. The Morgan fingerprint density at radius 2 is 2.22 bits per heavy atom. The molecule has 0 unspecified atom stereocenters. The van der Waals surface area contributed by atoms with E-state index in [2.05, 4.69) is 10.4 Å². The third-order valence-corrected chi connectivity index (χ3v) is 2.84. The maximum absolute atomic E-state index is 12.0. The molecule has 0 aliphatic rings. The maximum Gasteiger partial charge on any atom is 0.273 e. The summed E-state index contributed by atoms with van der Waals surface area (Å²) in [5.74, 6) is -0.174. The Kier molecular flexibility index (Phi) is 3.43. The Hall–Kier alpha value is -2.14. The summed E-state index contributed by atoms with van der Waals surface area (Å²) in [6, 6.07) is 7.47. The summed E-state index contributed by atoms with van der Waals surface area (Å²) in [5.41, 5.74) is 8.88. The number of nitrogens with zero attached hydrogens (tertiary/aromatic N) is 2. The molecular formula is C13H16N4O. The number of aromatic nitrogens is 2. The standard InChI is InChI=1S/C13H16N4O/c1-9-3-4-10(8-14)7-11(9)16-13(18)12-5-6-15-17(12)2/h3-7H,8,14H2,1-2H3,(H,16,18). The lowest BCUT2D eigenvalue weighted by atomic mass is 10.1. The van der Waals surface area contributed by atoms with Gasteiger partial charge in [0.25, 0.3) is 5.91 Å². The summed E-state index contributed by atoms with van der Waals surface area (Å²) in [5, 5.41) is 6.84. The Bertz CT molecular complexity index is 574. The first-order valence-corrected chi connectivity index (χ1v) is 5.70. The van der Waals surface area contributed by atoms with Gasteiger partial charge in [0, 0.05) is 25.5 Å². The average molecular weight is 244 g/mol. The minimum absolute atomic E-state index is 0.174. The second kappa shape index (κ2) is 5.01. The van der Waals surface area contributed by atoms with Gasteiger partial charge in [-0.1, -0.05) is 12.1 Å². The number of rotatable bonds is 3. The van der Waals surface area contributed by atoms with Crippen molar-refractivity contribution in [1.29, 1.82) is 0 Å². The molecule has 1 aromatic heterocycles. The van der Waals surface area contributed by atoms with Crippen molar-refractivity contribution >= 4 is 11.6 Å². The number of carbonyl (C=O) groups excluding carboxylic acids is 1. The first kappa shape index (κ1) is 12.3. The SMILES string of the molecule is Cc1ccc(CN)cc1NC(=O)c1ccnn1C. The van der Waals surface area contributed by atoms with Crippen LogP contribution in [0, 0.1) is 6.92 Å². The van der Waals surface area contributed by atoms with Crippen molar-refractivity contribution in [3.05, 3.63) is 47.3 Å². The van der Waals surface area contributed by atoms with Gasteiger partial charge in [0.05, 0.1) is 0 Å². The first-order valence-electron chi connectivity index (χ1n) is 5.70. The van der Waals surface area contributed by atoms with Crippen molar-refractivity contribution in [1.82, 2.24) is 9.78 Å². The van der Waals surface area contributed by atoms with E-state index in [0.717, 1.165) is 16.8 Å². The number of amides is 1. The van der Waals surface area contributed by atoms with Crippen molar-refractivity contribution < 1.29 is 4.79 Å². The van der Waals surface area contributed by atoms with E-state index < -0.39 is 0 Å². The van der Waals surface area contributed by atoms with Gasteiger partial charge in [-0.25, -0.2) is 0 Å². The number of carbonyl (C=O) groups is 1. The number of hydrogen-bond donors (Lipinski definition) is 2. The van der Waals surface area contributed by atoms with Crippen LogP contribution in [-0.4, -0.2) is 15.7 Å². The molecule has 2 aromatic rings. The van der Waals surface area contributed by atoms with Crippen LogP contribution in [-0.2, 0) is 13.6 Å². The van der Waals surface area contributed by atoms with Crippen LogP contribution < -0.4 is 11.1 Å². The largest absolute Gasteiger partial charge is 0.326 e. The van der Waals surface area contributed by atoms with Gasteiger partial charge in [0.15, 0.2) is 0 Å². The molecule has 1 aromatic carbocycles. The minimum atomic E-state index is -0.174. The molecule has 0 aliphatic carbocycles. The van der Waals surface area contributed by atoms with E-state index in [-0.39, 0.29) is 5.91 Å². The molecule has 94 valence electrons. The summed E-state index contributed by atoms with van der Waals surface area (Å²) in [4.78, 5) is 12.0. The minimum Gasteiger partial charge on any atom is -0.326 e. The highest BCUT2D eigenvalue weighted by Gasteiger charge is 2.11. The van der Waals surface area contributed by atoms with E-state index >= 15 is 0 Å². The number of hydrogen-bond acceptors (Lipinski definition) is 3. The first-order chi connectivity index (χ1) is 8.61. The summed E-state index contributed by atoms with van der Waals surface area (Å²) in [6.45, 7) is 2.40. The summed E-state index contributed by atoms with van der Waals surface area (Å²) in [7, 11) is 1.73. The molecule has 0 bridgehead atoms. The summed E-state index contributed by atoms with van der Waals surface area (Å²) < 4.78 is 1.54. The molecule has 0 radical (unpaired) electrons. The summed E-state index contributed by atoms with van der Waals surface area (Å²) >= 11 is 0. The van der Waals surface area contributed by atoms with E-state index in [4.69, 9.17) is 5.73 Å². The van der Waals surface area contributed by atoms with Gasteiger partial charge in [-0.2, -0.15) is 5.10 Å². The molecule has 0 aliphatic heterocycles. The van der Waals surface area contributed by atoms with Crippen LogP contribution in [0.3, 0.4) is 0 Å². The highest BCUT2D eigenvalue weighted by Crippen LogP contribution is 2.17. The van der Waals surface area contributed by atoms with Crippen molar-refractivity contribution in [2.24, 2.45) is 12.8 Å². The van der Waals surface area contributed by atoms with E-state index in [1.807, 2.05) is 25.1 Å². The normalized spacial score (nSPS) is 10.4. The predicted molar refractivity (Wildman–Crippen MR) is 70.2 cm³/mol. The van der Waals surface area contributed by atoms with Crippen molar-refractivity contribution in [2.75, 3.05) is 5.32 Å². The molecule has 5 heteroatoms. The molecule has 18 heavy (non-hydrogen) atoms. The van der Waals surface area contributed by atoms with Crippen LogP contribution in [0.2, 0.25) is 0 Å². The van der Waals surface area contributed by atoms with E-state index in [9.17, 15) is 4.79 Å². The quantitative estimate of drug-likeness (QED) is 0.858. The molecule has 1 heterocycles. The second-order valence-corrected chi connectivity index (χ2v) is 4.15. The maximum atomic E-state index is 12.0. The monoisotopic (exact) mass is 244 g/mol. The van der Waals surface area contributed by atoms with Crippen LogP contribution in [0.25, 0.3) is 0 Å². The van der Waals surface area contributed by atoms with Crippen molar-refractivity contribution in [2.45, 2.75) is 13.5 Å². The molecule has 0 fully saturated rings. The molecule has 5 nitrogen and oxygen atoms in total. The van der Waals surface area contributed by atoms with Crippen LogP contribution in [0.15, 0.2) is 30.5 Å². The lowest BCUT2D eigenvalue weighted by Gasteiger charge is -2.10. The number of nitrogens with two attached hydrogens (primary N) is 1. The predicted octanol–water partition coefficient (Wildman–Crippen LogP) is 1.44. The van der Waals surface area contributed by atoms with Gasteiger partial charge in [-0.15, -0.1) is 0 Å². The smallest absolute Gasteiger partial charge is 0.273 e. The zero-order valence-corrected chi connectivity index (χ0v) is 10.5. The number of anilines is 1. The molecule has 1 amide bonds. The fraction of sp³-hybridized carbons (Fsp3) is 0.231. The van der Waals surface area contributed by atoms with Gasteiger partial charge < -0.3 is 11.1 Å². The van der Waals surface area contributed by atoms with Gasteiger partial charge in [-0.3, -0.25) is 9.48 Å². The lowest BCUT2D eigenvalue weighted by Crippen LogP contribution is -2.17. The second-order valence-electron chi connectivity index (χ2n) is 4.15. The van der Waals surface area contributed by atoms with Crippen LogP contribution in [0.4, 0.5) is 5.69 Å². The molecule has 0 atom stereocenters. The average Bonchev–Trinajstić information content (AvgIpc) is 2.78. The molecule has 0 spiro atoms. The molecule has 2 rings (SSSR count). The van der Waals surface area contributed by atoms with Crippen molar-refractivity contribution in [3.63, 3.8) is 0 Å². The third-order valence-electron chi connectivity index (χ3n) is 2.84. The van der Waals surface area contributed by atoms with Gasteiger partial charge >= 0.3 is 0 Å². The number of aryl methyl sites for hydroxylation is 2. The van der Waals surface area contributed by atoms with Crippen LogP contribution in [0.1, 0.15) is 21.6 Å². The third kappa shape index (κ3) is 2.41. The van der Waals surface area contributed by atoms with E-state index in [1.54, 1.807) is 19.3 Å². The Morgan fingerprint density at radius 1 is 1.44 bits per heavy atom. The van der Waals surface area contributed by atoms with Crippen LogP contribution in [0.5, 0.6) is 0 Å². The summed E-state index contributed by atoms with van der Waals surface area (Å²) in [6.07, 6.45) is 1.60. The fourth-order valence-corrected chi connectivity index (χ4v) is 1.71. The van der Waals surface area contributed by atoms with Crippen LogP contribution >= 0.6 is 0 Å². The Morgan fingerprint density at radius 3 is 2.83 bits per heavy atom. The topological polar surface area (TPSA) is 72.9 Å². The lowest BCUT2D eigenvalue weighted by molar-refractivity contribution is 0.101. The highest BCUT2D eigenvalue weighted by atomic mass is 16.2. The Labute approximate surface area is 106 Å². The number of nitrogens with one attached hydrogen (secondary N) is 1. The molecular weight excluding hydrogens is 228 g/mol. The highest BCUT2D eigenvalue weighted by molar-refractivity contribution is 6.03. The zero-order chi connectivity index (χ0) is 13.1. The molecule has 0 saturated carbocycles. The van der Waals surface area contributed by atoms with Crippen molar-refractivity contribution in [3.8, 4) is 0 Å². The van der Waals surface area contributed by atoms with E-state index in [1.165, 1.54) is 4.68 Å². The number of benzene rings is 1. The van der Waals surface area contributed by atoms with Gasteiger partial charge in [-0.05, 0) is 30.2 Å². The van der Waals surface area contributed by atoms with E-state index in [0.29, 0.717) is 12.2 Å².